The minimum atomic E-state index is 0.405. The van der Waals surface area contributed by atoms with Gasteiger partial charge in [0.1, 0.15) is 4.88 Å². The van der Waals surface area contributed by atoms with E-state index in [0.717, 1.165) is 22.6 Å². The molecule has 108 valence electrons. The van der Waals surface area contributed by atoms with Gasteiger partial charge in [0.25, 0.3) is 5.89 Å². The molecule has 0 amide bonds. The van der Waals surface area contributed by atoms with Crippen LogP contribution in [-0.2, 0) is 6.42 Å². The SMILES string of the molecule is CCc1nc(N)sc1-c1nc(-c2ccc(Cl)c(Cl)c2)no1. The minimum Gasteiger partial charge on any atom is -0.375 e. The van der Waals surface area contributed by atoms with Crippen LogP contribution in [0, 0.1) is 0 Å². The van der Waals surface area contributed by atoms with Gasteiger partial charge in [-0.2, -0.15) is 4.98 Å². The number of benzene rings is 1. The van der Waals surface area contributed by atoms with Gasteiger partial charge in [0.2, 0.25) is 5.82 Å². The zero-order valence-electron chi connectivity index (χ0n) is 10.9. The summed E-state index contributed by atoms with van der Waals surface area (Å²) in [6.07, 6.45) is 0.744. The van der Waals surface area contributed by atoms with Crippen molar-refractivity contribution in [2.24, 2.45) is 0 Å². The lowest BCUT2D eigenvalue weighted by Gasteiger charge is -1.97. The summed E-state index contributed by atoms with van der Waals surface area (Å²) >= 11 is 13.2. The molecule has 0 saturated carbocycles. The summed E-state index contributed by atoms with van der Waals surface area (Å²) < 4.78 is 5.31. The van der Waals surface area contributed by atoms with Crippen LogP contribution in [0.15, 0.2) is 22.7 Å². The zero-order chi connectivity index (χ0) is 15.0. The molecule has 2 heterocycles. The molecule has 0 atom stereocenters. The molecule has 21 heavy (non-hydrogen) atoms. The Morgan fingerprint density at radius 2 is 2.05 bits per heavy atom. The third-order valence-corrected chi connectivity index (χ3v) is 4.50. The van der Waals surface area contributed by atoms with Gasteiger partial charge in [-0.05, 0) is 24.6 Å². The first-order chi connectivity index (χ1) is 10.1. The quantitative estimate of drug-likeness (QED) is 0.768. The van der Waals surface area contributed by atoms with Crippen LogP contribution in [0.2, 0.25) is 10.0 Å². The molecule has 3 rings (SSSR count). The van der Waals surface area contributed by atoms with Gasteiger partial charge in [-0.25, -0.2) is 4.98 Å². The Kier molecular flexibility index (Phi) is 3.84. The van der Waals surface area contributed by atoms with Crippen LogP contribution in [-0.4, -0.2) is 15.1 Å². The normalized spacial score (nSPS) is 11.0. The summed E-state index contributed by atoms with van der Waals surface area (Å²) in [6.45, 7) is 1.99. The number of nitrogens with zero attached hydrogens (tertiary/aromatic N) is 3. The fourth-order valence-corrected chi connectivity index (χ4v) is 2.99. The Balaban J connectivity index is 2.01. The number of hydrogen-bond donors (Lipinski definition) is 1. The predicted molar refractivity (Wildman–Crippen MR) is 84.7 cm³/mol. The lowest BCUT2D eigenvalue weighted by atomic mass is 10.2. The third-order valence-electron chi connectivity index (χ3n) is 2.85. The van der Waals surface area contributed by atoms with Crippen molar-refractivity contribution >= 4 is 39.7 Å². The lowest BCUT2D eigenvalue weighted by molar-refractivity contribution is 0.433. The number of aromatic nitrogens is 3. The average Bonchev–Trinajstić information content (AvgIpc) is 3.08. The van der Waals surface area contributed by atoms with Crippen molar-refractivity contribution in [2.75, 3.05) is 5.73 Å². The van der Waals surface area contributed by atoms with Crippen molar-refractivity contribution in [3.05, 3.63) is 33.9 Å². The van der Waals surface area contributed by atoms with Crippen LogP contribution in [0.25, 0.3) is 22.2 Å². The maximum absolute atomic E-state index is 6.00. The molecule has 0 aliphatic carbocycles. The average molecular weight is 341 g/mol. The van der Waals surface area contributed by atoms with Gasteiger partial charge in [-0.3, -0.25) is 0 Å². The van der Waals surface area contributed by atoms with Crippen molar-refractivity contribution in [1.29, 1.82) is 0 Å². The van der Waals surface area contributed by atoms with Gasteiger partial charge in [-0.1, -0.05) is 46.6 Å². The second kappa shape index (κ2) is 5.63. The molecule has 2 aromatic heterocycles. The number of rotatable bonds is 3. The molecule has 0 saturated heterocycles. The number of anilines is 1. The summed E-state index contributed by atoms with van der Waals surface area (Å²) in [5.41, 5.74) is 7.31. The molecule has 5 nitrogen and oxygen atoms in total. The van der Waals surface area contributed by atoms with E-state index in [2.05, 4.69) is 15.1 Å². The molecular formula is C13H10Cl2N4OS. The highest BCUT2D eigenvalue weighted by Crippen LogP contribution is 2.33. The predicted octanol–water partition coefficient (Wildman–Crippen LogP) is 4.31. The monoisotopic (exact) mass is 340 g/mol. The van der Waals surface area contributed by atoms with Crippen LogP contribution in [0.5, 0.6) is 0 Å². The van der Waals surface area contributed by atoms with Gasteiger partial charge in [0.15, 0.2) is 5.13 Å². The molecule has 3 aromatic rings. The molecule has 0 spiro atoms. The summed E-state index contributed by atoms with van der Waals surface area (Å²) in [5, 5.41) is 5.37. The summed E-state index contributed by atoms with van der Waals surface area (Å²) in [6, 6.07) is 5.17. The fraction of sp³-hybridized carbons (Fsp3) is 0.154. The molecule has 1 aromatic carbocycles. The number of nitrogen functional groups attached to an aromatic ring is 1. The Bertz CT molecular complexity index is 799. The first kappa shape index (κ1) is 14.3. The van der Waals surface area contributed by atoms with E-state index in [0.29, 0.717) is 26.9 Å². The lowest BCUT2D eigenvalue weighted by Crippen LogP contribution is -1.86. The van der Waals surface area contributed by atoms with E-state index < -0.39 is 0 Å². The molecule has 0 aliphatic rings. The van der Waals surface area contributed by atoms with Crippen molar-refractivity contribution in [3.8, 4) is 22.2 Å². The smallest absolute Gasteiger partial charge is 0.270 e. The van der Waals surface area contributed by atoms with Gasteiger partial charge in [0.05, 0.1) is 15.7 Å². The number of aryl methyl sites for hydroxylation is 1. The molecule has 0 fully saturated rings. The zero-order valence-corrected chi connectivity index (χ0v) is 13.3. The number of nitrogens with two attached hydrogens (primary N) is 1. The molecule has 0 radical (unpaired) electrons. The Hall–Kier alpha value is -1.63. The molecule has 0 unspecified atom stereocenters. The van der Waals surface area contributed by atoms with Crippen molar-refractivity contribution in [2.45, 2.75) is 13.3 Å². The molecule has 0 aliphatic heterocycles. The first-order valence-electron chi connectivity index (χ1n) is 6.13. The largest absolute Gasteiger partial charge is 0.375 e. The highest BCUT2D eigenvalue weighted by atomic mass is 35.5. The second-order valence-corrected chi connectivity index (χ2v) is 6.08. The Morgan fingerprint density at radius 3 is 2.76 bits per heavy atom. The Labute approximate surface area is 134 Å². The van der Waals surface area contributed by atoms with E-state index >= 15 is 0 Å². The van der Waals surface area contributed by atoms with Crippen LogP contribution >= 0.6 is 34.5 Å². The number of hydrogen-bond acceptors (Lipinski definition) is 6. The van der Waals surface area contributed by atoms with Gasteiger partial charge >= 0.3 is 0 Å². The van der Waals surface area contributed by atoms with Crippen LogP contribution in [0.1, 0.15) is 12.6 Å². The van der Waals surface area contributed by atoms with Crippen LogP contribution in [0.3, 0.4) is 0 Å². The first-order valence-corrected chi connectivity index (χ1v) is 7.70. The highest BCUT2D eigenvalue weighted by Gasteiger charge is 2.18. The van der Waals surface area contributed by atoms with Crippen molar-refractivity contribution < 1.29 is 4.52 Å². The van der Waals surface area contributed by atoms with E-state index in [-0.39, 0.29) is 0 Å². The third kappa shape index (κ3) is 2.74. The van der Waals surface area contributed by atoms with E-state index in [1.807, 2.05) is 6.92 Å². The van der Waals surface area contributed by atoms with E-state index in [1.165, 1.54) is 11.3 Å². The summed E-state index contributed by atoms with van der Waals surface area (Å²) in [5.74, 6) is 0.847. The topological polar surface area (TPSA) is 77.8 Å². The number of halogens is 2. The fourth-order valence-electron chi connectivity index (χ4n) is 1.84. The molecular weight excluding hydrogens is 331 g/mol. The molecule has 8 heteroatoms. The summed E-state index contributed by atoms with van der Waals surface area (Å²) in [4.78, 5) is 9.42. The molecule has 2 N–H and O–H groups in total. The van der Waals surface area contributed by atoms with Gasteiger partial charge in [0, 0.05) is 5.56 Å². The van der Waals surface area contributed by atoms with E-state index in [1.54, 1.807) is 18.2 Å². The maximum atomic E-state index is 6.00. The maximum Gasteiger partial charge on any atom is 0.270 e. The van der Waals surface area contributed by atoms with Crippen LogP contribution in [0.4, 0.5) is 5.13 Å². The standard InChI is InChI=1S/C13H10Cl2N4OS/c1-2-9-10(21-13(16)17-9)12-18-11(19-20-12)6-3-4-7(14)8(15)5-6/h3-5H,2H2,1H3,(H2,16,17). The number of thiazole rings is 1. The van der Waals surface area contributed by atoms with Crippen molar-refractivity contribution in [1.82, 2.24) is 15.1 Å². The summed E-state index contributed by atoms with van der Waals surface area (Å²) in [7, 11) is 0. The molecule has 0 bridgehead atoms. The van der Waals surface area contributed by atoms with E-state index in [4.69, 9.17) is 33.5 Å². The van der Waals surface area contributed by atoms with E-state index in [9.17, 15) is 0 Å². The Morgan fingerprint density at radius 1 is 1.24 bits per heavy atom. The van der Waals surface area contributed by atoms with Gasteiger partial charge in [-0.15, -0.1) is 0 Å². The van der Waals surface area contributed by atoms with Crippen molar-refractivity contribution in [3.63, 3.8) is 0 Å². The minimum absolute atomic E-state index is 0.405. The van der Waals surface area contributed by atoms with Gasteiger partial charge < -0.3 is 10.3 Å². The second-order valence-electron chi connectivity index (χ2n) is 4.23. The van der Waals surface area contributed by atoms with Crippen LogP contribution < -0.4 is 5.73 Å². The highest BCUT2D eigenvalue weighted by molar-refractivity contribution is 7.18.